The van der Waals surface area contributed by atoms with Crippen molar-refractivity contribution in [2.24, 2.45) is 23.7 Å². The molecule has 2 aliphatic carbocycles. The molecule has 2 saturated carbocycles. The van der Waals surface area contributed by atoms with E-state index in [2.05, 4.69) is 37.2 Å². The van der Waals surface area contributed by atoms with Crippen molar-refractivity contribution < 1.29 is 28.7 Å². The van der Waals surface area contributed by atoms with Gasteiger partial charge in [0.25, 0.3) is 5.91 Å². The van der Waals surface area contributed by atoms with Crippen molar-refractivity contribution >= 4 is 72.8 Å². The van der Waals surface area contributed by atoms with Gasteiger partial charge in [-0.25, -0.2) is 4.79 Å². The molecule has 7 atom stereocenters. The number of fused-ring (bicyclic) bond motifs is 5. The topological polar surface area (TPSA) is 102 Å². The molecule has 0 aromatic heterocycles. The lowest BCUT2D eigenvalue weighted by atomic mass is 9.81. The average molecular weight is 593 g/mol. The molecule has 1 saturated heterocycles. The molecule has 3 amide bonds. The van der Waals surface area contributed by atoms with Crippen LogP contribution in [0.4, 0.5) is 5.69 Å². The molecular weight excluding hydrogens is 572 g/mol. The van der Waals surface area contributed by atoms with Crippen LogP contribution < -0.4 is 10.1 Å². The molecule has 1 aromatic rings. The van der Waals surface area contributed by atoms with Crippen LogP contribution in [-0.4, -0.2) is 58.0 Å². The number of carbonyl (C=O) groups is 4. The monoisotopic (exact) mass is 590 g/mol. The number of halogens is 3. The summed E-state index contributed by atoms with van der Waals surface area (Å²) in [6.07, 6.45) is 0.804. The van der Waals surface area contributed by atoms with Gasteiger partial charge in [0, 0.05) is 14.7 Å². The normalized spacial score (nSPS) is 31.5. The fraction of sp³-hybridized carbons (Fsp3) is 0.524. The standard InChI is InChI=1S/C21H21Br2ClN2O6/c1-8(21(30)32-7-14(27)25-12-5-9(24)3-4-13(12)31-2)26-19(28)15-10-6-11(16(15)20(26)29)18(23)17(10)22/h3-5,8,10-11,15-18H,6-7H2,1-2H3,(H,25,27)/t8-,10+,11+,15+,16+,17-,18-/m0/s1. The third-order valence-corrected chi connectivity index (χ3v) is 9.97. The van der Waals surface area contributed by atoms with Gasteiger partial charge in [-0.2, -0.15) is 0 Å². The minimum absolute atomic E-state index is 0.0532. The van der Waals surface area contributed by atoms with Crippen LogP contribution in [0.3, 0.4) is 0 Å². The molecule has 3 fully saturated rings. The lowest BCUT2D eigenvalue weighted by Crippen LogP contribution is -2.45. The van der Waals surface area contributed by atoms with Gasteiger partial charge in [-0.1, -0.05) is 43.5 Å². The molecule has 1 N–H and O–H groups in total. The van der Waals surface area contributed by atoms with Gasteiger partial charge in [-0.15, -0.1) is 0 Å². The minimum atomic E-state index is -1.11. The summed E-state index contributed by atoms with van der Waals surface area (Å²) in [4.78, 5) is 52.1. The molecule has 3 aliphatic rings. The smallest absolute Gasteiger partial charge is 0.329 e. The van der Waals surface area contributed by atoms with Gasteiger partial charge in [-0.05, 0) is 43.4 Å². The van der Waals surface area contributed by atoms with Crippen LogP contribution in [-0.2, 0) is 23.9 Å². The predicted molar refractivity (Wildman–Crippen MR) is 123 cm³/mol. The third kappa shape index (κ3) is 3.84. The largest absolute Gasteiger partial charge is 0.495 e. The number of likely N-dealkylation sites (tertiary alicyclic amines) is 1. The molecule has 1 aromatic carbocycles. The van der Waals surface area contributed by atoms with Gasteiger partial charge in [0.2, 0.25) is 11.8 Å². The van der Waals surface area contributed by atoms with Crippen molar-refractivity contribution in [3.8, 4) is 5.75 Å². The number of amides is 3. The number of hydrogen-bond acceptors (Lipinski definition) is 6. The molecular formula is C21H21Br2ClN2O6. The van der Waals surface area contributed by atoms with Gasteiger partial charge < -0.3 is 14.8 Å². The quantitative estimate of drug-likeness (QED) is 0.310. The van der Waals surface area contributed by atoms with E-state index >= 15 is 0 Å². The number of anilines is 1. The van der Waals surface area contributed by atoms with Gasteiger partial charge in [0.05, 0.1) is 24.6 Å². The highest BCUT2D eigenvalue weighted by molar-refractivity contribution is 9.12. The van der Waals surface area contributed by atoms with Crippen LogP contribution in [0.15, 0.2) is 18.2 Å². The summed E-state index contributed by atoms with van der Waals surface area (Å²) in [5, 5.41) is 2.96. The molecule has 0 unspecified atom stereocenters. The number of benzene rings is 1. The van der Waals surface area contributed by atoms with Crippen LogP contribution in [0.1, 0.15) is 13.3 Å². The first-order valence-electron chi connectivity index (χ1n) is 10.1. The zero-order valence-corrected chi connectivity index (χ0v) is 21.1. The second-order valence-corrected chi connectivity index (χ2v) is 10.8. The number of methoxy groups -OCH3 is 1. The zero-order valence-electron chi connectivity index (χ0n) is 17.2. The first-order valence-corrected chi connectivity index (χ1v) is 12.3. The number of carbonyl (C=O) groups excluding carboxylic acids is 4. The highest BCUT2D eigenvalue weighted by Crippen LogP contribution is 2.60. The summed E-state index contributed by atoms with van der Waals surface area (Å²) in [6.45, 7) is 0.857. The van der Waals surface area contributed by atoms with Crippen molar-refractivity contribution in [1.82, 2.24) is 4.90 Å². The van der Waals surface area contributed by atoms with E-state index in [1.165, 1.54) is 20.1 Å². The number of ether oxygens (including phenoxy) is 2. The second kappa shape index (κ2) is 8.95. The number of rotatable bonds is 6. The van der Waals surface area contributed by atoms with E-state index in [1.54, 1.807) is 12.1 Å². The molecule has 1 aliphatic heterocycles. The summed E-state index contributed by atoms with van der Waals surface area (Å²) in [6, 6.07) is 3.59. The average Bonchev–Trinajstić information content (AvgIpc) is 3.36. The van der Waals surface area contributed by atoms with Crippen molar-refractivity contribution in [2.45, 2.75) is 29.0 Å². The Kier molecular flexibility index (Phi) is 6.57. The van der Waals surface area contributed by atoms with Crippen molar-refractivity contribution in [3.63, 3.8) is 0 Å². The van der Waals surface area contributed by atoms with E-state index in [0.29, 0.717) is 16.5 Å². The third-order valence-electron chi connectivity index (χ3n) is 6.53. The van der Waals surface area contributed by atoms with Crippen LogP contribution in [0, 0.1) is 23.7 Å². The first-order chi connectivity index (χ1) is 15.1. The Balaban J connectivity index is 1.37. The SMILES string of the molecule is COc1ccc(Cl)cc1NC(=O)COC(=O)[C@H](C)N1C(=O)[C@@H]2[C@H]3C[C@@H]([C@H](Br)[C@H]3Br)[C@H]2C1=O. The van der Waals surface area contributed by atoms with Crippen molar-refractivity contribution in [2.75, 3.05) is 19.0 Å². The number of nitrogens with one attached hydrogen (secondary N) is 1. The first kappa shape index (κ1) is 23.5. The summed E-state index contributed by atoms with van der Waals surface area (Å²) >= 11 is 13.2. The maximum atomic E-state index is 13.0. The van der Waals surface area contributed by atoms with Crippen LogP contribution in [0.25, 0.3) is 0 Å². The Morgan fingerprint density at radius 2 is 1.78 bits per heavy atom. The molecule has 4 rings (SSSR count). The predicted octanol–water partition coefficient (Wildman–Crippen LogP) is 3.00. The van der Waals surface area contributed by atoms with E-state index in [1.807, 2.05) is 0 Å². The number of esters is 1. The summed E-state index contributed by atoms with van der Waals surface area (Å²) in [5.41, 5.74) is 0.330. The number of imide groups is 1. The fourth-order valence-corrected chi connectivity index (χ4v) is 7.13. The van der Waals surface area contributed by atoms with Crippen molar-refractivity contribution in [3.05, 3.63) is 23.2 Å². The molecule has 32 heavy (non-hydrogen) atoms. The Hall–Kier alpha value is -1.65. The van der Waals surface area contributed by atoms with Crippen LogP contribution in [0.2, 0.25) is 5.02 Å². The highest BCUT2D eigenvalue weighted by Gasteiger charge is 2.67. The lowest BCUT2D eigenvalue weighted by molar-refractivity contribution is -0.159. The molecule has 0 spiro atoms. The molecule has 8 nitrogen and oxygen atoms in total. The van der Waals surface area contributed by atoms with Crippen LogP contribution >= 0.6 is 43.5 Å². The Morgan fingerprint density at radius 1 is 1.19 bits per heavy atom. The van der Waals surface area contributed by atoms with Crippen LogP contribution in [0.5, 0.6) is 5.75 Å². The van der Waals surface area contributed by atoms with Gasteiger partial charge in [-0.3, -0.25) is 19.3 Å². The number of nitrogens with zero attached hydrogens (tertiary/aromatic N) is 1. The highest BCUT2D eigenvalue weighted by atomic mass is 79.9. The van der Waals surface area contributed by atoms with Crippen molar-refractivity contribution in [1.29, 1.82) is 0 Å². The van der Waals surface area contributed by atoms with Gasteiger partial charge in [0.15, 0.2) is 6.61 Å². The Labute approximate surface area is 206 Å². The number of hydrogen-bond donors (Lipinski definition) is 1. The van der Waals surface area contributed by atoms with E-state index in [-0.39, 0.29) is 33.3 Å². The molecule has 2 bridgehead atoms. The summed E-state index contributed by atoms with van der Waals surface area (Å²) < 4.78 is 10.3. The minimum Gasteiger partial charge on any atom is -0.495 e. The lowest BCUT2D eigenvalue weighted by Gasteiger charge is -2.28. The van der Waals surface area contributed by atoms with E-state index in [0.717, 1.165) is 11.3 Å². The number of alkyl halides is 2. The summed E-state index contributed by atoms with van der Waals surface area (Å²) in [7, 11) is 1.45. The van der Waals surface area contributed by atoms with Gasteiger partial charge in [0.1, 0.15) is 11.8 Å². The van der Waals surface area contributed by atoms with E-state index in [4.69, 9.17) is 21.1 Å². The maximum Gasteiger partial charge on any atom is 0.329 e. The fourth-order valence-electron chi connectivity index (χ4n) is 5.08. The van der Waals surface area contributed by atoms with E-state index in [9.17, 15) is 19.2 Å². The maximum absolute atomic E-state index is 13.0. The van der Waals surface area contributed by atoms with E-state index < -0.39 is 36.4 Å². The van der Waals surface area contributed by atoms with Gasteiger partial charge >= 0.3 is 5.97 Å². The second-order valence-electron chi connectivity index (χ2n) is 8.23. The summed E-state index contributed by atoms with van der Waals surface area (Å²) in [5.74, 6) is -2.44. The molecule has 172 valence electrons. The Bertz CT molecular complexity index is 959. The zero-order chi connectivity index (χ0) is 23.3. The molecule has 0 radical (unpaired) electrons. The molecule has 1 heterocycles. The Morgan fingerprint density at radius 3 is 2.34 bits per heavy atom. The molecule has 11 heteroatoms.